The van der Waals surface area contributed by atoms with Crippen molar-refractivity contribution in [3.05, 3.63) is 30.1 Å². The third kappa shape index (κ3) is 4.40. The number of likely N-dealkylation sites (N-methyl/N-ethyl adjacent to an activating group) is 1. The summed E-state index contributed by atoms with van der Waals surface area (Å²) in [6.07, 6.45) is 2.53. The molecule has 0 spiro atoms. The van der Waals surface area contributed by atoms with Crippen LogP contribution in [0.1, 0.15) is 5.56 Å². The van der Waals surface area contributed by atoms with Crippen molar-refractivity contribution in [2.75, 3.05) is 14.2 Å². The number of carbonyl (C=O) groups excluding carboxylic acids is 2. The summed E-state index contributed by atoms with van der Waals surface area (Å²) in [7, 11) is 2.54. The van der Waals surface area contributed by atoms with Gasteiger partial charge in [-0.05, 0) is 18.1 Å². The molecule has 1 atom stereocenters. The fourth-order valence-electron chi connectivity index (χ4n) is 1.39. The van der Waals surface area contributed by atoms with E-state index in [2.05, 4.69) is 9.72 Å². The molecular formula is C11H13LiN2O4. The van der Waals surface area contributed by atoms with Gasteiger partial charge in [0.1, 0.15) is 0 Å². The second-order valence-corrected chi connectivity index (χ2v) is 3.48. The molecule has 1 heterocycles. The molecule has 0 aliphatic rings. The fraction of sp³-hybridized carbons (Fsp3) is 0.364. The first-order chi connectivity index (χ1) is 8.06. The van der Waals surface area contributed by atoms with E-state index in [1.54, 1.807) is 24.5 Å². The quantitative estimate of drug-likeness (QED) is 0.512. The Morgan fingerprint density at radius 2 is 2.22 bits per heavy atom. The summed E-state index contributed by atoms with van der Waals surface area (Å²) in [4.78, 5) is 27.1. The zero-order valence-electron chi connectivity index (χ0n) is 10.6. The first-order valence-electron chi connectivity index (χ1n) is 4.96. The minimum Gasteiger partial charge on any atom is -0.548 e. The normalized spacial score (nSPS) is 11.0. The van der Waals surface area contributed by atoms with Gasteiger partial charge < -0.3 is 19.5 Å². The molecule has 0 aliphatic heterocycles. The molecule has 1 amide bonds. The molecule has 0 saturated carbocycles. The van der Waals surface area contributed by atoms with Gasteiger partial charge in [-0.2, -0.15) is 0 Å². The number of rotatable bonds is 4. The predicted molar refractivity (Wildman–Crippen MR) is 56.9 cm³/mol. The van der Waals surface area contributed by atoms with Crippen LogP contribution in [0.2, 0.25) is 0 Å². The zero-order valence-corrected chi connectivity index (χ0v) is 10.6. The van der Waals surface area contributed by atoms with Gasteiger partial charge in [-0.25, -0.2) is 4.79 Å². The number of methoxy groups -OCH3 is 1. The first kappa shape index (κ1) is 16.5. The van der Waals surface area contributed by atoms with E-state index in [4.69, 9.17) is 0 Å². The molecule has 1 unspecified atom stereocenters. The van der Waals surface area contributed by atoms with Gasteiger partial charge in [0, 0.05) is 19.4 Å². The van der Waals surface area contributed by atoms with Gasteiger partial charge in [-0.1, -0.05) is 6.07 Å². The standard InChI is InChI=1S/C11H14N2O4.Li/c1-13(11(16)17-2)9(10(14)15)6-8-4-3-5-12-7-8;/h3-5,7,9H,6H2,1-2H3,(H,14,15);/q;+1/p-1. The second-order valence-electron chi connectivity index (χ2n) is 3.48. The molecule has 0 radical (unpaired) electrons. The van der Waals surface area contributed by atoms with Crippen LogP contribution < -0.4 is 24.0 Å². The van der Waals surface area contributed by atoms with Crippen LogP contribution >= 0.6 is 0 Å². The Morgan fingerprint density at radius 3 is 2.67 bits per heavy atom. The molecule has 7 heteroatoms. The van der Waals surface area contributed by atoms with E-state index in [1.165, 1.54) is 14.2 Å². The number of aliphatic carboxylic acids is 1. The number of ether oxygens (including phenoxy) is 1. The van der Waals surface area contributed by atoms with Crippen molar-refractivity contribution in [3.8, 4) is 0 Å². The molecule has 0 saturated heterocycles. The van der Waals surface area contributed by atoms with Gasteiger partial charge in [-0.3, -0.25) is 4.98 Å². The molecule has 0 aromatic carbocycles. The summed E-state index contributed by atoms with van der Waals surface area (Å²) in [6, 6.07) is 2.35. The average molecular weight is 244 g/mol. The van der Waals surface area contributed by atoms with Crippen molar-refractivity contribution in [2.24, 2.45) is 0 Å². The Labute approximate surface area is 117 Å². The summed E-state index contributed by atoms with van der Waals surface area (Å²) >= 11 is 0. The van der Waals surface area contributed by atoms with E-state index in [0.29, 0.717) is 5.56 Å². The predicted octanol–water partition coefficient (Wildman–Crippen LogP) is -3.56. The van der Waals surface area contributed by atoms with Crippen LogP contribution in [-0.4, -0.2) is 42.1 Å². The van der Waals surface area contributed by atoms with Crippen LogP contribution in [0.4, 0.5) is 4.79 Å². The van der Waals surface area contributed by atoms with Crippen LogP contribution in [0, 0.1) is 0 Å². The Morgan fingerprint density at radius 1 is 1.56 bits per heavy atom. The van der Waals surface area contributed by atoms with E-state index < -0.39 is 18.1 Å². The molecule has 92 valence electrons. The van der Waals surface area contributed by atoms with Crippen LogP contribution in [-0.2, 0) is 16.0 Å². The van der Waals surface area contributed by atoms with Gasteiger partial charge >= 0.3 is 25.0 Å². The van der Waals surface area contributed by atoms with E-state index >= 15 is 0 Å². The third-order valence-corrected chi connectivity index (χ3v) is 2.35. The van der Waals surface area contributed by atoms with Gasteiger partial charge in [0.2, 0.25) is 0 Å². The maximum Gasteiger partial charge on any atom is 1.00 e. The van der Waals surface area contributed by atoms with Crippen molar-refractivity contribution in [1.29, 1.82) is 0 Å². The number of hydrogen-bond donors (Lipinski definition) is 0. The third-order valence-electron chi connectivity index (χ3n) is 2.35. The minimum absolute atomic E-state index is 0. The Kier molecular flexibility index (Phi) is 7.09. The molecule has 18 heavy (non-hydrogen) atoms. The number of amides is 1. The Balaban J connectivity index is 0.00000289. The zero-order chi connectivity index (χ0) is 12.8. The molecule has 1 aromatic heterocycles. The van der Waals surface area contributed by atoms with E-state index in [1.807, 2.05) is 0 Å². The van der Waals surface area contributed by atoms with Crippen molar-refractivity contribution < 1.29 is 38.3 Å². The van der Waals surface area contributed by atoms with Crippen molar-refractivity contribution in [2.45, 2.75) is 12.5 Å². The molecule has 0 aliphatic carbocycles. The number of aromatic nitrogens is 1. The summed E-state index contributed by atoms with van der Waals surface area (Å²) in [6.45, 7) is 0. The van der Waals surface area contributed by atoms with E-state index in [9.17, 15) is 14.7 Å². The SMILES string of the molecule is COC(=O)N(C)C(Cc1cccnc1)C(=O)[O-].[Li+]. The number of hydrogen-bond acceptors (Lipinski definition) is 5. The average Bonchev–Trinajstić information content (AvgIpc) is 2.35. The molecule has 0 bridgehead atoms. The van der Waals surface area contributed by atoms with Gasteiger partial charge in [0.15, 0.2) is 0 Å². The van der Waals surface area contributed by atoms with Crippen LogP contribution in [0.15, 0.2) is 24.5 Å². The molecular weight excluding hydrogens is 231 g/mol. The van der Waals surface area contributed by atoms with Crippen LogP contribution in [0.3, 0.4) is 0 Å². The monoisotopic (exact) mass is 244 g/mol. The van der Waals surface area contributed by atoms with Crippen molar-refractivity contribution in [1.82, 2.24) is 9.88 Å². The number of carbonyl (C=O) groups is 2. The van der Waals surface area contributed by atoms with Gasteiger partial charge in [0.25, 0.3) is 0 Å². The largest absolute Gasteiger partial charge is 1.00 e. The molecule has 0 N–H and O–H groups in total. The number of nitrogens with zero attached hydrogens (tertiary/aromatic N) is 2. The summed E-state index contributed by atoms with van der Waals surface area (Å²) < 4.78 is 4.46. The van der Waals surface area contributed by atoms with Gasteiger partial charge in [0.05, 0.1) is 19.1 Å². The topological polar surface area (TPSA) is 82.6 Å². The summed E-state index contributed by atoms with van der Waals surface area (Å²) in [5.74, 6) is -1.33. The second kappa shape index (κ2) is 7.74. The first-order valence-corrected chi connectivity index (χ1v) is 4.96. The Bertz CT molecular complexity index is 399. The van der Waals surface area contributed by atoms with E-state index in [-0.39, 0.29) is 25.3 Å². The maximum atomic E-state index is 11.2. The van der Waals surface area contributed by atoms with Crippen LogP contribution in [0.25, 0.3) is 0 Å². The molecule has 1 aromatic rings. The summed E-state index contributed by atoms with van der Waals surface area (Å²) in [5.41, 5.74) is 0.706. The molecule has 0 fully saturated rings. The van der Waals surface area contributed by atoms with Crippen LogP contribution in [0.5, 0.6) is 0 Å². The van der Waals surface area contributed by atoms with E-state index in [0.717, 1.165) is 4.90 Å². The summed E-state index contributed by atoms with van der Waals surface area (Å²) in [5, 5.41) is 11.0. The fourth-order valence-corrected chi connectivity index (χ4v) is 1.39. The van der Waals surface area contributed by atoms with Gasteiger partial charge in [-0.15, -0.1) is 0 Å². The van der Waals surface area contributed by atoms with Crippen molar-refractivity contribution in [3.63, 3.8) is 0 Å². The number of carboxylic acids is 1. The number of pyridine rings is 1. The van der Waals surface area contributed by atoms with Crippen molar-refractivity contribution >= 4 is 12.1 Å². The number of carboxylic acid groups (broad SMARTS) is 1. The molecule has 1 rings (SSSR count). The smallest absolute Gasteiger partial charge is 0.548 e. The Hall–Kier alpha value is -1.51. The minimum atomic E-state index is -1.33. The maximum absolute atomic E-state index is 11.2. The molecule has 6 nitrogen and oxygen atoms in total.